The van der Waals surface area contributed by atoms with Gasteiger partial charge in [-0.3, -0.25) is 4.98 Å². The predicted molar refractivity (Wildman–Crippen MR) is 68.1 cm³/mol. The summed E-state index contributed by atoms with van der Waals surface area (Å²) in [6.45, 7) is -0.248. The van der Waals surface area contributed by atoms with Crippen LogP contribution in [0.3, 0.4) is 0 Å². The molecule has 0 amide bonds. The van der Waals surface area contributed by atoms with Gasteiger partial charge in [0.25, 0.3) is 0 Å². The number of rotatable bonds is 5. The molecule has 0 aromatic carbocycles. The van der Waals surface area contributed by atoms with Crippen molar-refractivity contribution in [1.82, 2.24) is 19.7 Å². The lowest BCUT2D eigenvalue weighted by molar-refractivity contribution is 0.113. The normalized spacial score (nSPS) is 12.6. The van der Waals surface area contributed by atoms with E-state index in [4.69, 9.17) is 5.11 Å². The Morgan fingerprint density at radius 2 is 2.06 bits per heavy atom. The van der Waals surface area contributed by atoms with Crippen LogP contribution < -0.4 is 0 Å². The summed E-state index contributed by atoms with van der Waals surface area (Å²) < 4.78 is 1.85. The second kappa shape index (κ2) is 5.94. The Labute approximate surface area is 109 Å². The number of nitrogens with zero attached hydrogens (tertiary/aromatic N) is 4. The van der Waals surface area contributed by atoms with E-state index in [-0.39, 0.29) is 6.61 Å². The van der Waals surface area contributed by atoms with Gasteiger partial charge < -0.3 is 14.8 Å². The molecule has 2 aromatic rings. The van der Waals surface area contributed by atoms with E-state index < -0.39 is 6.10 Å². The SMILES string of the molecule is Cn1c(SCC(O)CO)nnc1-c1ccncc1. The van der Waals surface area contributed by atoms with Crippen molar-refractivity contribution in [2.45, 2.75) is 11.3 Å². The molecular weight excluding hydrogens is 252 g/mol. The largest absolute Gasteiger partial charge is 0.394 e. The van der Waals surface area contributed by atoms with Crippen LogP contribution in [0.5, 0.6) is 0 Å². The van der Waals surface area contributed by atoms with E-state index in [1.807, 2.05) is 23.7 Å². The molecule has 96 valence electrons. The minimum atomic E-state index is -0.740. The molecule has 0 aliphatic rings. The fraction of sp³-hybridized carbons (Fsp3) is 0.364. The predicted octanol–water partition coefficient (Wildman–Crippen LogP) is 0.322. The van der Waals surface area contributed by atoms with Gasteiger partial charge >= 0.3 is 0 Å². The van der Waals surface area contributed by atoms with Gasteiger partial charge in [-0.15, -0.1) is 10.2 Å². The van der Waals surface area contributed by atoms with Gasteiger partial charge in [-0.05, 0) is 12.1 Å². The topological polar surface area (TPSA) is 84.1 Å². The maximum atomic E-state index is 9.30. The molecule has 0 bridgehead atoms. The zero-order valence-electron chi connectivity index (χ0n) is 9.89. The lowest BCUT2D eigenvalue weighted by atomic mass is 10.2. The standard InChI is InChI=1S/C11H14N4O2S/c1-15-10(8-2-4-12-5-3-8)13-14-11(15)18-7-9(17)6-16/h2-5,9,16-17H,6-7H2,1H3. The number of aliphatic hydroxyl groups excluding tert-OH is 2. The van der Waals surface area contributed by atoms with Crippen LogP contribution in [-0.4, -0.2) is 48.4 Å². The molecule has 2 rings (SSSR count). The van der Waals surface area contributed by atoms with Crippen molar-refractivity contribution in [1.29, 1.82) is 0 Å². The summed E-state index contributed by atoms with van der Waals surface area (Å²) in [5, 5.41) is 26.9. The highest BCUT2D eigenvalue weighted by molar-refractivity contribution is 7.99. The van der Waals surface area contributed by atoms with E-state index in [1.54, 1.807) is 12.4 Å². The van der Waals surface area contributed by atoms with Crippen LogP contribution in [0, 0.1) is 0 Å². The first kappa shape index (κ1) is 13.0. The molecule has 0 saturated heterocycles. The van der Waals surface area contributed by atoms with Crippen LogP contribution in [0.2, 0.25) is 0 Å². The van der Waals surface area contributed by atoms with Gasteiger partial charge in [0.1, 0.15) is 0 Å². The summed E-state index contributed by atoms with van der Waals surface area (Å²) in [6.07, 6.45) is 2.66. The van der Waals surface area contributed by atoms with Gasteiger partial charge in [-0.2, -0.15) is 0 Å². The van der Waals surface area contributed by atoms with Gasteiger partial charge in [-0.25, -0.2) is 0 Å². The Balaban J connectivity index is 2.14. The zero-order chi connectivity index (χ0) is 13.0. The smallest absolute Gasteiger partial charge is 0.191 e. The van der Waals surface area contributed by atoms with Crippen molar-refractivity contribution in [3.8, 4) is 11.4 Å². The third-order valence-corrected chi connectivity index (χ3v) is 3.55. The first-order chi connectivity index (χ1) is 8.72. The quantitative estimate of drug-likeness (QED) is 0.758. The third-order valence-electron chi connectivity index (χ3n) is 2.39. The number of hydrogen-bond acceptors (Lipinski definition) is 6. The number of aliphatic hydroxyl groups is 2. The van der Waals surface area contributed by atoms with Crippen molar-refractivity contribution in [3.63, 3.8) is 0 Å². The van der Waals surface area contributed by atoms with Crippen LogP contribution in [0.15, 0.2) is 29.7 Å². The highest BCUT2D eigenvalue weighted by Crippen LogP contribution is 2.22. The Bertz CT molecular complexity index is 503. The number of pyridine rings is 1. The maximum Gasteiger partial charge on any atom is 0.191 e. The lowest BCUT2D eigenvalue weighted by Crippen LogP contribution is -2.15. The molecule has 18 heavy (non-hydrogen) atoms. The third kappa shape index (κ3) is 2.87. The van der Waals surface area contributed by atoms with E-state index >= 15 is 0 Å². The number of aromatic nitrogens is 4. The molecule has 2 N–H and O–H groups in total. The van der Waals surface area contributed by atoms with Crippen molar-refractivity contribution < 1.29 is 10.2 Å². The summed E-state index contributed by atoms with van der Waals surface area (Å²) >= 11 is 1.36. The monoisotopic (exact) mass is 266 g/mol. The first-order valence-electron chi connectivity index (χ1n) is 5.44. The van der Waals surface area contributed by atoms with Crippen LogP contribution in [0.1, 0.15) is 0 Å². The molecule has 0 fully saturated rings. The van der Waals surface area contributed by atoms with Crippen LogP contribution in [-0.2, 0) is 7.05 Å². The summed E-state index contributed by atoms with van der Waals surface area (Å²) in [5.41, 5.74) is 0.939. The van der Waals surface area contributed by atoms with E-state index in [0.717, 1.165) is 11.4 Å². The van der Waals surface area contributed by atoms with Crippen molar-refractivity contribution in [2.75, 3.05) is 12.4 Å². The number of hydrogen-bond donors (Lipinski definition) is 2. The van der Waals surface area contributed by atoms with Crippen LogP contribution >= 0.6 is 11.8 Å². The fourth-order valence-corrected chi connectivity index (χ4v) is 2.24. The van der Waals surface area contributed by atoms with E-state index in [9.17, 15) is 5.11 Å². The summed E-state index contributed by atoms with van der Waals surface area (Å²) in [6, 6.07) is 3.72. The minimum absolute atomic E-state index is 0.248. The van der Waals surface area contributed by atoms with Crippen LogP contribution in [0.4, 0.5) is 0 Å². The molecule has 1 unspecified atom stereocenters. The summed E-state index contributed by atoms with van der Waals surface area (Å²) in [7, 11) is 1.86. The average molecular weight is 266 g/mol. The lowest BCUT2D eigenvalue weighted by Gasteiger charge is -2.06. The molecule has 1 atom stereocenters. The van der Waals surface area contributed by atoms with Gasteiger partial charge in [-0.1, -0.05) is 11.8 Å². The minimum Gasteiger partial charge on any atom is -0.394 e. The molecule has 0 aliphatic heterocycles. The first-order valence-corrected chi connectivity index (χ1v) is 6.42. The molecule has 6 nitrogen and oxygen atoms in total. The molecule has 0 spiro atoms. The van der Waals surface area contributed by atoms with E-state index in [2.05, 4.69) is 15.2 Å². The fourth-order valence-electron chi connectivity index (χ4n) is 1.42. The van der Waals surface area contributed by atoms with Crippen molar-refractivity contribution >= 4 is 11.8 Å². The van der Waals surface area contributed by atoms with Gasteiger partial charge in [0.2, 0.25) is 0 Å². The Morgan fingerprint density at radius 3 is 2.72 bits per heavy atom. The van der Waals surface area contributed by atoms with Crippen LogP contribution in [0.25, 0.3) is 11.4 Å². The molecule has 0 saturated carbocycles. The Kier molecular flexibility index (Phi) is 4.29. The molecule has 0 radical (unpaired) electrons. The van der Waals surface area contributed by atoms with Gasteiger partial charge in [0.15, 0.2) is 11.0 Å². The van der Waals surface area contributed by atoms with Crippen molar-refractivity contribution in [3.05, 3.63) is 24.5 Å². The molecule has 7 heteroatoms. The molecular formula is C11H14N4O2S. The molecule has 2 aromatic heterocycles. The summed E-state index contributed by atoms with van der Waals surface area (Å²) in [5.74, 6) is 1.14. The summed E-state index contributed by atoms with van der Waals surface area (Å²) in [4.78, 5) is 3.95. The number of thioether (sulfide) groups is 1. The zero-order valence-corrected chi connectivity index (χ0v) is 10.7. The van der Waals surface area contributed by atoms with E-state index in [1.165, 1.54) is 11.8 Å². The molecule has 0 aliphatic carbocycles. The molecule has 2 heterocycles. The van der Waals surface area contributed by atoms with Gasteiger partial charge in [0.05, 0.1) is 12.7 Å². The van der Waals surface area contributed by atoms with Crippen molar-refractivity contribution in [2.24, 2.45) is 7.05 Å². The van der Waals surface area contributed by atoms with E-state index in [0.29, 0.717) is 10.9 Å². The highest BCUT2D eigenvalue weighted by atomic mass is 32.2. The average Bonchev–Trinajstić information content (AvgIpc) is 2.78. The Morgan fingerprint density at radius 1 is 1.33 bits per heavy atom. The van der Waals surface area contributed by atoms with Gasteiger partial charge in [0, 0.05) is 30.8 Å². The Hall–Kier alpha value is -1.44. The second-order valence-electron chi connectivity index (χ2n) is 3.75. The second-order valence-corrected chi connectivity index (χ2v) is 4.74. The highest BCUT2D eigenvalue weighted by Gasteiger charge is 2.12. The maximum absolute atomic E-state index is 9.30.